The minimum atomic E-state index is -0.0404. The number of carbonyl (C=O) groups excluding carboxylic acids is 1. The van der Waals surface area contributed by atoms with Crippen LogP contribution in [0.5, 0.6) is 0 Å². The Labute approximate surface area is 156 Å². The van der Waals surface area contributed by atoms with Crippen LogP contribution in [0.1, 0.15) is 39.5 Å². The zero-order valence-corrected chi connectivity index (χ0v) is 16.7. The molecule has 2 N–H and O–H groups in total. The lowest BCUT2D eigenvalue weighted by Gasteiger charge is -2.38. The third-order valence-corrected chi connectivity index (χ3v) is 4.50. The topological polar surface area (TPSA) is 72.0 Å². The van der Waals surface area contributed by atoms with Crippen molar-refractivity contribution in [3.8, 4) is 0 Å². The number of rotatable bonds is 5. The zero-order chi connectivity index (χ0) is 16.0. The number of hydrogen-bond donors (Lipinski definition) is 2. The average molecular weight is 439 g/mol. The predicted octanol–water partition coefficient (Wildman–Crippen LogP) is 1.93. The van der Waals surface area contributed by atoms with Gasteiger partial charge in [-0.2, -0.15) is 0 Å². The maximum absolute atomic E-state index is 11.7. The van der Waals surface area contributed by atoms with E-state index < -0.39 is 0 Å². The molecule has 1 aliphatic carbocycles. The van der Waals surface area contributed by atoms with Gasteiger partial charge in [-0.3, -0.25) is 9.79 Å². The molecule has 0 aromatic rings. The number of carbonyl (C=O) groups is 1. The maximum atomic E-state index is 11.7. The van der Waals surface area contributed by atoms with Crippen LogP contribution in [0.4, 0.5) is 0 Å². The third kappa shape index (κ3) is 6.10. The van der Waals surface area contributed by atoms with Gasteiger partial charge in [-0.25, -0.2) is 0 Å². The first-order chi connectivity index (χ1) is 10.6. The second-order valence-corrected chi connectivity index (χ2v) is 6.67. The number of ether oxygens (including phenoxy) is 2. The second-order valence-electron chi connectivity index (χ2n) is 6.67. The molecule has 1 saturated carbocycles. The molecule has 6 nitrogen and oxygen atoms in total. The summed E-state index contributed by atoms with van der Waals surface area (Å²) in [7, 11) is 1.79. The molecule has 134 valence electrons. The Morgan fingerprint density at radius 3 is 2.43 bits per heavy atom. The zero-order valence-electron chi connectivity index (χ0n) is 14.4. The van der Waals surface area contributed by atoms with E-state index >= 15 is 0 Å². The van der Waals surface area contributed by atoms with Gasteiger partial charge in [-0.15, -0.1) is 24.0 Å². The van der Waals surface area contributed by atoms with Crippen molar-refractivity contribution in [2.24, 2.45) is 16.3 Å². The molecule has 0 amide bonds. The molecular weight excluding hydrogens is 409 g/mol. The summed E-state index contributed by atoms with van der Waals surface area (Å²) in [6, 6.07) is 0.377. The number of nitrogens with zero attached hydrogens (tertiary/aromatic N) is 1. The van der Waals surface area contributed by atoms with Crippen LogP contribution in [0.25, 0.3) is 0 Å². The lowest BCUT2D eigenvalue weighted by atomic mass is 9.86. The largest absolute Gasteiger partial charge is 0.466 e. The molecular formula is C16H30IN3O3. The van der Waals surface area contributed by atoms with Gasteiger partial charge in [-0.05, 0) is 32.6 Å². The molecule has 2 rings (SSSR count). The predicted molar refractivity (Wildman–Crippen MR) is 101 cm³/mol. The Bertz CT molecular complexity index is 405. The summed E-state index contributed by atoms with van der Waals surface area (Å²) in [4.78, 5) is 16.0. The Morgan fingerprint density at radius 1 is 1.30 bits per heavy atom. The molecule has 1 saturated heterocycles. The van der Waals surface area contributed by atoms with E-state index in [1.165, 1.54) is 0 Å². The minimum Gasteiger partial charge on any atom is -0.466 e. The number of guanidine groups is 1. The molecule has 23 heavy (non-hydrogen) atoms. The van der Waals surface area contributed by atoms with Crippen LogP contribution < -0.4 is 10.6 Å². The summed E-state index contributed by atoms with van der Waals surface area (Å²) >= 11 is 0. The molecule has 0 unspecified atom stereocenters. The molecule has 7 heteroatoms. The summed E-state index contributed by atoms with van der Waals surface area (Å²) in [5.74, 6) is 0.869. The van der Waals surface area contributed by atoms with E-state index in [0.717, 1.165) is 51.4 Å². The fraction of sp³-hybridized carbons (Fsp3) is 0.875. The second kappa shape index (κ2) is 9.66. The number of hydrogen-bond acceptors (Lipinski definition) is 4. The lowest BCUT2D eigenvalue weighted by molar-refractivity contribution is -0.149. The van der Waals surface area contributed by atoms with Gasteiger partial charge >= 0.3 is 5.97 Å². The van der Waals surface area contributed by atoms with Crippen molar-refractivity contribution in [3.05, 3.63) is 0 Å². The highest BCUT2D eigenvalue weighted by Crippen LogP contribution is 2.26. The fourth-order valence-corrected chi connectivity index (χ4v) is 2.97. The highest BCUT2D eigenvalue weighted by Gasteiger charge is 2.33. The summed E-state index contributed by atoms with van der Waals surface area (Å²) in [6.07, 6.45) is 3.73. The van der Waals surface area contributed by atoms with E-state index in [-0.39, 0.29) is 41.3 Å². The van der Waals surface area contributed by atoms with Crippen LogP contribution in [0, 0.1) is 11.3 Å². The van der Waals surface area contributed by atoms with Crippen LogP contribution >= 0.6 is 24.0 Å². The SMILES string of the molecule is CCOC(=O)C1CCC(NC(=NC)NCC2(C)COC2)CC1.I. The average Bonchev–Trinajstić information content (AvgIpc) is 2.50. The normalized spacial score (nSPS) is 26.5. The Kier molecular flexibility index (Phi) is 8.60. The van der Waals surface area contributed by atoms with Crippen molar-refractivity contribution in [3.63, 3.8) is 0 Å². The Hall–Kier alpha value is -0.570. The van der Waals surface area contributed by atoms with Crippen molar-refractivity contribution < 1.29 is 14.3 Å². The monoisotopic (exact) mass is 439 g/mol. The van der Waals surface area contributed by atoms with Gasteiger partial charge in [0.2, 0.25) is 0 Å². The van der Waals surface area contributed by atoms with Gasteiger partial charge in [0.05, 0.1) is 25.7 Å². The summed E-state index contributed by atoms with van der Waals surface area (Å²) in [6.45, 7) is 7.01. The molecule has 2 fully saturated rings. The van der Waals surface area contributed by atoms with Crippen LogP contribution in [0.3, 0.4) is 0 Å². The van der Waals surface area contributed by atoms with Crippen molar-refractivity contribution >= 4 is 35.9 Å². The number of halogens is 1. The molecule has 2 aliphatic rings. The Morgan fingerprint density at radius 2 is 1.96 bits per heavy atom. The lowest BCUT2D eigenvalue weighted by Crippen LogP contribution is -2.52. The first-order valence-electron chi connectivity index (χ1n) is 8.28. The quantitative estimate of drug-likeness (QED) is 0.297. The third-order valence-electron chi connectivity index (χ3n) is 4.50. The first kappa shape index (κ1) is 20.5. The van der Waals surface area contributed by atoms with E-state index in [1.54, 1.807) is 7.05 Å². The summed E-state index contributed by atoms with van der Waals surface area (Å²) in [5.41, 5.74) is 0.221. The smallest absolute Gasteiger partial charge is 0.308 e. The number of aliphatic imine (C=N–C) groups is 1. The first-order valence-corrected chi connectivity index (χ1v) is 8.28. The molecule has 1 heterocycles. The molecule has 0 bridgehead atoms. The Balaban J connectivity index is 0.00000264. The number of nitrogens with one attached hydrogen (secondary N) is 2. The van der Waals surface area contributed by atoms with E-state index in [0.29, 0.717) is 12.6 Å². The van der Waals surface area contributed by atoms with Gasteiger partial charge < -0.3 is 20.1 Å². The standard InChI is InChI=1S/C16H29N3O3.HI/c1-4-22-14(20)12-5-7-13(8-6-12)19-15(17-3)18-9-16(2)10-21-11-16;/h12-13H,4-11H2,1-3H3,(H2,17,18,19);1H. The molecule has 0 radical (unpaired) electrons. The number of esters is 1. The van der Waals surface area contributed by atoms with Gasteiger partial charge in [0.25, 0.3) is 0 Å². The van der Waals surface area contributed by atoms with Crippen molar-refractivity contribution in [1.29, 1.82) is 0 Å². The van der Waals surface area contributed by atoms with Crippen LogP contribution in [-0.2, 0) is 14.3 Å². The minimum absolute atomic E-state index is 0. The van der Waals surface area contributed by atoms with Gasteiger partial charge in [0.1, 0.15) is 0 Å². The highest BCUT2D eigenvalue weighted by atomic mass is 127. The molecule has 0 aromatic carbocycles. The van der Waals surface area contributed by atoms with E-state index in [1.807, 2.05) is 6.92 Å². The van der Waals surface area contributed by atoms with Crippen LogP contribution in [-0.4, -0.2) is 51.4 Å². The van der Waals surface area contributed by atoms with Crippen LogP contribution in [0.15, 0.2) is 4.99 Å². The van der Waals surface area contributed by atoms with E-state index in [9.17, 15) is 4.79 Å². The molecule has 0 aromatic heterocycles. The van der Waals surface area contributed by atoms with E-state index in [4.69, 9.17) is 9.47 Å². The summed E-state index contributed by atoms with van der Waals surface area (Å²) < 4.78 is 10.4. The van der Waals surface area contributed by atoms with Crippen LogP contribution in [0.2, 0.25) is 0 Å². The van der Waals surface area contributed by atoms with Gasteiger partial charge in [-0.1, -0.05) is 6.92 Å². The fourth-order valence-electron chi connectivity index (χ4n) is 2.97. The van der Waals surface area contributed by atoms with Crippen molar-refractivity contribution in [1.82, 2.24) is 10.6 Å². The maximum Gasteiger partial charge on any atom is 0.308 e. The van der Waals surface area contributed by atoms with Crippen molar-refractivity contribution in [2.45, 2.75) is 45.6 Å². The highest BCUT2D eigenvalue weighted by molar-refractivity contribution is 14.0. The van der Waals surface area contributed by atoms with Gasteiger partial charge in [0.15, 0.2) is 5.96 Å². The van der Waals surface area contributed by atoms with Crippen molar-refractivity contribution in [2.75, 3.05) is 33.4 Å². The van der Waals surface area contributed by atoms with E-state index in [2.05, 4.69) is 22.5 Å². The molecule has 0 spiro atoms. The molecule has 1 aliphatic heterocycles. The van der Waals surface area contributed by atoms with Gasteiger partial charge in [0, 0.05) is 25.0 Å². The summed E-state index contributed by atoms with van der Waals surface area (Å²) in [5, 5.41) is 6.84. The molecule has 0 atom stereocenters.